The summed E-state index contributed by atoms with van der Waals surface area (Å²) in [7, 11) is 0. The number of hydrogen-bond acceptors (Lipinski definition) is 0. The molecule has 0 radical (unpaired) electrons. The number of nitrogens with zero attached hydrogens (tertiary/aromatic N) is 1. The quantitative estimate of drug-likeness (QED) is 0.226. The summed E-state index contributed by atoms with van der Waals surface area (Å²) in [4.78, 5) is 0. The minimum absolute atomic E-state index is 1.20. The average molecular weight is 494 g/mol. The molecular formula is C38H23N. The van der Waals surface area contributed by atoms with Gasteiger partial charge in [0.05, 0.1) is 16.7 Å². The fraction of sp³-hybridized carbons (Fsp3) is 0. The van der Waals surface area contributed by atoms with E-state index >= 15 is 0 Å². The van der Waals surface area contributed by atoms with Gasteiger partial charge in [-0.2, -0.15) is 0 Å². The third-order valence-electron chi connectivity index (χ3n) is 8.53. The molecule has 1 aliphatic carbocycles. The van der Waals surface area contributed by atoms with Gasteiger partial charge in [0.1, 0.15) is 0 Å². The van der Waals surface area contributed by atoms with Gasteiger partial charge >= 0.3 is 0 Å². The molecule has 0 N–H and O–H groups in total. The van der Waals surface area contributed by atoms with E-state index in [9.17, 15) is 0 Å². The molecule has 0 spiro atoms. The van der Waals surface area contributed by atoms with Crippen molar-refractivity contribution >= 4 is 43.4 Å². The number of benzene rings is 7. The predicted octanol–water partition coefficient (Wildman–Crippen LogP) is 10.4. The highest BCUT2D eigenvalue weighted by Gasteiger charge is 2.26. The monoisotopic (exact) mass is 493 g/mol. The normalized spacial score (nSPS) is 12.1. The fourth-order valence-electron chi connectivity index (χ4n) is 6.95. The van der Waals surface area contributed by atoms with Crippen LogP contribution in [0, 0.1) is 0 Å². The first-order valence-corrected chi connectivity index (χ1v) is 13.5. The summed E-state index contributed by atoms with van der Waals surface area (Å²) in [6.07, 6.45) is 0. The second-order valence-electron chi connectivity index (χ2n) is 10.5. The lowest BCUT2D eigenvalue weighted by molar-refractivity contribution is 1.18. The van der Waals surface area contributed by atoms with Crippen LogP contribution in [0.2, 0.25) is 0 Å². The van der Waals surface area contributed by atoms with Gasteiger partial charge in [-0.3, -0.25) is 0 Å². The van der Waals surface area contributed by atoms with Gasteiger partial charge in [-0.15, -0.1) is 0 Å². The summed E-state index contributed by atoms with van der Waals surface area (Å²) < 4.78 is 2.48. The van der Waals surface area contributed by atoms with E-state index < -0.39 is 0 Å². The van der Waals surface area contributed by atoms with Crippen LogP contribution in [0.3, 0.4) is 0 Å². The standard InChI is InChI=1S/C38H23N/c1-2-14-26-24(10-1)11-7-17-27(26)28-15-3-5-20-33(28)39-34-21-6-4-16-31(34)38-35(39)23-22-30-29-18-8-12-25-13-9-19-32(36(25)29)37(30)38/h1-23H. The number of hydrogen-bond donors (Lipinski definition) is 0. The molecule has 0 bridgehead atoms. The van der Waals surface area contributed by atoms with E-state index in [4.69, 9.17) is 0 Å². The van der Waals surface area contributed by atoms with Crippen molar-refractivity contribution in [3.05, 3.63) is 140 Å². The van der Waals surface area contributed by atoms with Crippen molar-refractivity contribution in [2.24, 2.45) is 0 Å². The maximum Gasteiger partial charge on any atom is 0.0548 e. The Hall–Kier alpha value is -5.14. The van der Waals surface area contributed by atoms with Gasteiger partial charge in [0.15, 0.2) is 0 Å². The van der Waals surface area contributed by atoms with Crippen molar-refractivity contribution in [1.82, 2.24) is 4.57 Å². The minimum Gasteiger partial charge on any atom is -0.309 e. The molecule has 1 nitrogen and oxygen atoms in total. The molecule has 180 valence electrons. The van der Waals surface area contributed by atoms with Crippen LogP contribution in [0.4, 0.5) is 0 Å². The molecule has 1 heterocycles. The van der Waals surface area contributed by atoms with E-state index in [2.05, 4.69) is 144 Å². The van der Waals surface area contributed by atoms with Crippen LogP contribution in [0.5, 0.6) is 0 Å². The van der Waals surface area contributed by atoms with E-state index in [-0.39, 0.29) is 0 Å². The molecule has 9 rings (SSSR count). The molecule has 7 aromatic carbocycles. The highest BCUT2D eigenvalue weighted by atomic mass is 15.0. The Balaban J connectivity index is 1.42. The van der Waals surface area contributed by atoms with E-state index in [1.807, 2.05) is 0 Å². The summed E-state index contributed by atoms with van der Waals surface area (Å²) in [5.41, 5.74) is 11.5. The maximum atomic E-state index is 2.48. The maximum absolute atomic E-state index is 2.48. The van der Waals surface area contributed by atoms with E-state index in [0.717, 1.165) is 0 Å². The zero-order valence-corrected chi connectivity index (χ0v) is 21.2. The Kier molecular flexibility index (Phi) is 4.11. The van der Waals surface area contributed by atoms with Crippen molar-refractivity contribution in [3.63, 3.8) is 0 Å². The third kappa shape index (κ3) is 2.74. The first-order valence-electron chi connectivity index (χ1n) is 13.5. The van der Waals surface area contributed by atoms with Gasteiger partial charge in [0, 0.05) is 21.9 Å². The topological polar surface area (TPSA) is 4.93 Å². The van der Waals surface area contributed by atoms with Crippen LogP contribution in [0.1, 0.15) is 0 Å². The molecule has 1 aromatic heterocycles. The molecule has 0 fully saturated rings. The van der Waals surface area contributed by atoms with Crippen molar-refractivity contribution in [2.75, 3.05) is 0 Å². The smallest absolute Gasteiger partial charge is 0.0548 e. The highest BCUT2D eigenvalue weighted by Crippen LogP contribution is 2.52. The van der Waals surface area contributed by atoms with Crippen LogP contribution in [-0.2, 0) is 0 Å². The van der Waals surface area contributed by atoms with Crippen molar-refractivity contribution < 1.29 is 0 Å². The van der Waals surface area contributed by atoms with Crippen molar-refractivity contribution in [1.29, 1.82) is 0 Å². The molecule has 8 aromatic rings. The number of para-hydroxylation sites is 2. The van der Waals surface area contributed by atoms with Crippen LogP contribution < -0.4 is 0 Å². The molecule has 1 heteroatoms. The molecule has 0 saturated heterocycles. The molecule has 0 aliphatic heterocycles. The molecule has 39 heavy (non-hydrogen) atoms. The SMILES string of the molecule is c1ccc(-n2c3ccccc3c3c4c(ccc32)-c2cccc3cccc-4c23)c(-c2cccc3ccccc23)c1. The van der Waals surface area contributed by atoms with Gasteiger partial charge in [-0.05, 0) is 62.0 Å². The van der Waals surface area contributed by atoms with Crippen molar-refractivity contribution in [2.45, 2.75) is 0 Å². The van der Waals surface area contributed by atoms with Crippen LogP contribution >= 0.6 is 0 Å². The number of fused-ring (bicyclic) bond motifs is 8. The Morgan fingerprint density at radius 1 is 0.333 bits per heavy atom. The molecule has 0 unspecified atom stereocenters. The first-order chi connectivity index (χ1) is 19.4. The molecular weight excluding hydrogens is 470 g/mol. The second kappa shape index (κ2) is 7.69. The number of aromatic nitrogens is 1. The lowest BCUT2D eigenvalue weighted by atomic mass is 9.96. The summed E-state index contributed by atoms with van der Waals surface area (Å²) >= 11 is 0. The largest absolute Gasteiger partial charge is 0.309 e. The van der Waals surface area contributed by atoms with Gasteiger partial charge in [0.25, 0.3) is 0 Å². The van der Waals surface area contributed by atoms with Gasteiger partial charge < -0.3 is 4.57 Å². The van der Waals surface area contributed by atoms with Crippen LogP contribution in [0.25, 0.3) is 82.4 Å². The zero-order valence-electron chi connectivity index (χ0n) is 21.2. The highest BCUT2D eigenvalue weighted by molar-refractivity contribution is 6.26. The van der Waals surface area contributed by atoms with E-state index in [1.165, 1.54) is 82.4 Å². The summed E-state index contributed by atoms with van der Waals surface area (Å²) in [5, 5.41) is 7.84. The third-order valence-corrected chi connectivity index (χ3v) is 8.53. The first kappa shape index (κ1) is 20.9. The summed E-state index contributed by atoms with van der Waals surface area (Å²) in [6, 6.07) is 51.1. The Morgan fingerprint density at radius 3 is 1.87 bits per heavy atom. The molecule has 1 aliphatic rings. The molecule has 0 atom stereocenters. The molecule has 0 saturated carbocycles. The fourth-order valence-corrected chi connectivity index (χ4v) is 6.95. The van der Waals surface area contributed by atoms with Gasteiger partial charge in [-0.1, -0.05) is 121 Å². The zero-order chi connectivity index (χ0) is 25.5. The summed E-state index contributed by atoms with van der Waals surface area (Å²) in [6.45, 7) is 0. The van der Waals surface area contributed by atoms with Gasteiger partial charge in [0.2, 0.25) is 0 Å². The van der Waals surface area contributed by atoms with E-state index in [0.29, 0.717) is 0 Å². The second-order valence-corrected chi connectivity index (χ2v) is 10.5. The predicted molar refractivity (Wildman–Crippen MR) is 166 cm³/mol. The number of rotatable bonds is 2. The Bertz CT molecular complexity index is 2270. The lowest BCUT2D eigenvalue weighted by Crippen LogP contribution is -1.97. The van der Waals surface area contributed by atoms with Crippen LogP contribution in [-0.4, -0.2) is 4.57 Å². The Labute approximate surface area is 226 Å². The Morgan fingerprint density at radius 2 is 0.974 bits per heavy atom. The average Bonchev–Trinajstić information content (AvgIpc) is 3.51. The lowest BCUT2D eigenvalue weighted by Gasteiger charge is -2.16. The van der Waals surface area contributed by atoms with Crippen LogP contribution in [0.15, 0.2) is 140 Å². The molecule has 0 amide bonds. The summed E-state index contributed by atoms with van der Waals surface area (Å²) in [5.74, 6) is 0. The van der Waals surface area contributed by atoms with Crippen molar-refractivity contribution in [3.8, 4) is 39.1 Å². The van der Waals surface area contributed by atoms with Gasteiger partial charge in [-0.25, -0.2) is 0 Å². The van der Waals surface area contributed by atoms with E-state index in [1.54, 1.807) is 0 Å². The minimum atomic E-state index is 1.20.